The van der Waals surface area contributed by atoms with Crippen molar-refractivity contribution in [2.75, 3.05) is 0 Å². The molecular weight excluding hydrogens is 364 g/mol. The maximum Gasteiger partial charge on any atom is 0.0561 e. The summed E-state index contributed by atoms with van der Waals surface area (Å²) in [6.07, 6.45) is 0. The predicted octanol–water partition coefficient (Wildman–Crippen LogP) is 2.50. The summed E-state index contributed by atoms with van der Waals surface area (Å²) in [7, 11) is 2.03. The van der Waals surface area contributed by atoms with Gasteiger partial charge in [-0.05, 0) is 13.8 Å². The predicted molar refractivity (Wildman–Crippen MR) is 57.0 cm³/mol. The Morgan fingerprint density at radius 3 is 2.47 bits per heavy atom. The van der Waals surface area contributed by atoms with Gasteiger partial charge in [-0.3, -0.25) is 4.98 Å². The van der Waals surface area contributed by atoms with Crippen molar-refractivity contribution in [1.82, 2.24) is 9.55 Å². The first-order chi connectivity index (χ1) is 6.70. The fourth-order valence-electron chi connectivity index (χ4n) is 1.49. The first-order valence-electron chi connectivity index (χ1n) is 4.67. The van der Waals surface area contributed by atoms with Gasteiger partial charge in [-0.25, -0.2) is 0 Å². The van der Waals surface area contributed by atoms with Crippen molar-refractivity contribution < 1.29 is 20.1 Å². The summed E-state index contributed by atoms with van der Waals surface area (Å²) in [5.41, 5.74) is 3.34. The second-order valence-corrected chi connectivity index (χ2v) is 3.44. The third-order valence-electron chi connectivity index (χ3n) is 2.57. The molecule has 3 heteroatoms. The van der Waals surface area contributed by atoms with Crippen molar-refractivity contribution in [1.29, 1.82) is 0 Å². The number of nitrogens with zero attached hydrogens (tertiary/aromatic N) is 2. The van der Waals surface area contributed by atoms with Crippen LogP contribution in [0.25, 0.3) is 11.4 Å². The molecule has 0 bridgehead atoms. The molecule has 1 aromatic heterocycles. The molecular formula is C12H13IrN2-. The monoisotopic (exact) mass is 378 g/mol. The number of hydrogen-bond donors (Lipinski definition) is 0. The molecule has 81 valence electrons. The average Bonchev–Trinajstić information content (AvgIpc) is 2.47. The summed E-state index contributed by atoms with van der Waals surface area (Å²) in [6, 6.07) is 11.1. The number of benzene rings is 1. The molecule has 0 aliphatic rings. The molecule has 1 aromatic carbocycles. The van der Waals surface area contributed by atoms with E-state index in [0.29, 0.717) is 0 Å². The molecule has 15 heavy (non-hydrogen) atoms. The molecule has 2 aromatic rings. The molecule has 2 nitrogen and oxygen atoms in total. The van der Waals surface area contributed by atoms with Gasteiger partial charge in [-0.15, -0.1) is 35.9 Å². The first-order valence-corrected chi connectivity index (χ1v) is 4.67. The molecule has 0 N–H and O–H groups in total. The molecule has 0 saturated heterocycles. The van der Waals surface area contributed by atoms with Crippen LogP contribution < -0.4 is 0 Å². The van der Waals surface area contributed by atoms with E-state index in [1.54, 1.807) is 0 Å². The number of aromatic nitrogens is 2. The summed E-state index contributed by atoms with van der Waals surface area (Å²) in [5, 5.41) is 0. The summed E-state index contributed by atoms with van der Waals surface area (Å²) < 4.78 is 2.10. The van der Waals surface area contributed by atoms with Crippen molar-refractivity contribution in [2.45, 2.75) is 13.8 Å². The fourth-order valence-corrected chi connectivity index (χ4v) is 1.49. The van der Waals surface area contributed by atoms with Gasteiger partial charge in [-0.1, -0.05) is 0 Å². The number of rotatable bonds is 1. The average molecular weight is 377 g/mol. The fraction of sp³-hybridized carbons (Fsp3) is 0.250. The van der Waals surface area contributed by atoms with Crippen LogP contribution in [0.2, 0.25) is 0 Å². The number of aryl methyl sites for hydroxylation is 1. The Balaban J connectivity index is 0.00000112. The van der Waals surface area contributed by atoms with E-state index in [9.17, 15) is 0 Å². The second kappa shape index (κ2) is 4.73. The maximum absolute atomic E-state index is 4.51. The van der Waals surface area contributed by atoms with E-state index >= 15 is 0 Å². The standard InChI is InChI=1S/C12H13N2.Ir/c1-9-10(2)14(3)12(13-9)11-7-5-4-6-8-11;/h4-7H,1-3H3;/q-1;. The molecule has 0 aliphatic heterocycles. The van der Waals surface area contributed by atoms with Crippen molar-refractivity contribution in [2.24, 2.45) is 7.05 Å². The number of imidazole rings is 1. The van der Waals surface area contributed by atoms with Crippen molar-refractivity contribution >= 4 is 0 Å². The van der Waals surface area contributed by atoms with Gasteiger partial charge in [0.15, 0.2) is 0 Å². The van der Waals surface area contributed by atoms with Crippen LogP contribution in [0.15, 0.2) is 24.3 Å². The molecule has 0 amide bonds. The summed E-state index contributed by atoms with van der Waals surface area (Å²) in [4.78, 5) is 4.51. The Labute approximate surface area is 104 Å². The maximum atomic E-state index is 4.51. The quantitative estimate of drug-likeness (QED) is 0.699. The van der Waals surface area contributed by atoms with E-state index < -0.39 is 0 Å². The van der Waals surface area contributed by atoms with Gasteiger partial charge >= 0.3 is 0 Å². The molecule has 0 aliphatic carbocycles. The smallest absolute Gasteiger partial charge is 0.0561 e. The van der Waals surface area contributed by atoms with Crippen LogP contribution in [0.4, 0.5) is 0 Å². The van der Waals surface area contributed by atoms with Crippen LogP contribution >= 0.6 is 0 Å². The van der Waals surface area contributed by atoms with Gasteiger partial charge in [0.25, 0.3) is 0 Å². The van der Waals surface area contributed by atoms with Crippen molar-refractivity contribution in [3.63, 3.8) is 0 Å². The molecule has 0 unspecified atom stereocenters. The van der Waals surface area contributed by atoms with E-state index in [0.717, 1.165) is 17.1 Å². The third-order valence-corrected chi connectivity index (χ3v) is 2.57. The van der Waals surface area contributed by atoms with Crippen molar-refractivity contribution in [3.05, 3.63) is 41.7 Å². The van der Waals surface area contributed by atoms with Gasteiger partial charge in [-0.2, -0.15) is 0 Å². The zero-order valence-corrected chi connectivity index (χ0v) is 11.4. The molecule has 2 rings (SSSR count). The van der Waals surface area contributed by atoms with Crippen molar-refractivity contribution in [3.8, 4) is 11.4 Å². The van der Waals surface area contributed by atoms with Gasteiger partial charge in [0.05, 0.1) is 5.82 Å². The number of hydrogen-bond acceptors (Lipinski definition) is 1. The second-order valence-electron chi connectivity index (χ2n) is 3.44. The Bertz CT molecular complexity index is 446. The molecule has 0 atom stereocenters. The Morgan fingerprint density at radius 1 is 1.27 bits per heavy atom. The molecule has 1 heterocycles. The Morgan fingerprint density at radius 2 is 2.00 bits per heavy atom. The van der Waals surface area contributed by atoms with Gasteiger partial charge in [0.1, 0.15) is 0 Å². The van der Waals surface area contributed by atoms with Crippen LogP contribution in [-0.2, 0) is 27.2 Å². The minimum atomic E-state index is 0. The zero-order valence-electron chi connectivity index (χ0n) is 9.04. The molecule has 1 radical (unpaired) electrons. The SMILES string of the molecule is Cc1nc(-c2[c-]cccc2)n(C)c1C.[Ir]. The third kappa shape index (κ3) is 2.19. The normalized spacial score (nSPS) is 9.80. The van der Waals surface area contributed by atoms with Gasteiger partial charge in [0.2, 0.25) is 0 Å². The van der Waals surface area contributed by atoms with Crippen LogP contribution in [0.3, 0.4) is 0 Å². The molecule has 0 saturated carbocycles. The van der Waals surface area contributed by atoms with Crippen LogP contribution in [0.5, 0.6) is 0 Å². The van der Waals surface area contributed by atoms with E-state index in [2.05, 4.69) is 22.5 Å². The van der Waals surface area contributed by atoms with E-state index in [4.69, 9.17) is 0 Å². The van der Waals surface area contributed by atoms with Gasteiger partial charge < -0.3 is 4.57 Å². The largest absolute Gasteiger partial charge is 0.371 e. The van der Waals surface area contributed by atoms with Crippen LogP contribution in [0.1, 0.15) is 11.4 Å². The first kappa shape index (κ1) is 12.2. The van der Waals surface area contributed by atoms with E-state index in [1.165, 1.54) is 5.69 Å². The Kier molecular flexibility index (Phi) is 3.83. The van der Waals surface area contributed by atoms with Crippen LogP contribution in [0, 0.1) is 19.9 Å². The Hall–Kier alpha value is -0.921. The molecule has 0 fully saturated rings. The van der Waals surface area contributed by atoms with E-state index in [-0.39, 0.29) is 20.1 Å². The minimum absolute atomic E-state index is 0. The van der Waals surface area contributed by atoms with Crippen LogP contribution in [-0.4, -0.2) is 9.55 Å². The zero-order chi connectivity index (χ0) is 10.1. The summed E-state index contributed by atoms with van der Waals surface area (Å²) >= 11 is 0. The summed E-state index contributed by atoms with van der Waals surface area (Å²) in [6.45, 7) is 4.11. The summed E-state index contributed by atoms with van der Waals surface area (Å²) in [5.74, 6) is 0.987. The topological polar surface area (TPSA) is 17.8 Å². The minimum Gasteiger partial charge on any atom is -0.371 e. The molecule has 0 spiro atoms. The van der Waals surface area contributed by atoms with Gasteiger partial charge in [0, 0.05) is 38.5 Å². The van der Waals surface area contributed by atoms with E-state index in [1.807, 2.05) is 38.2 Å².